The van der Waals surface area contributed by atoms with E-state index in [1.165, 1.54) is 7.11 Å². The molecule has 1 aromatic carbocycles. The predicted molar refractivity (Wildman–Crippen MR) is 91.2 cm³/mol. The van der Waals surface area contributed by atoms with E-state index in [0.29, 0.717) is 6.42 Å². The van der Waals surface area contributed by atoms with Crippen molar-refractivity contribution in [1.82, 2.24) is 10.6 Å². The molecule has 0 heterocycles. The third-order valence-corrected chi connectivity index (χ3v) is 3.20. The van der Waals surface area contributed by atoms with Gasteiger partial charge < -0.3 is 15.4 Å². The van der Waals surface area contributed by atoms with Crippen molar-refractivity contribution in [2.75, 3.05) is 7.11 Å². The molecule has 24 heavy (non-hydrogen) atoms. The van der Waals surface area contributed by atoms with E-state index in [1.54, 1.807) is 0 Å². The number of carbonyl (C=O) groups excluding carboxylic acids is 3. The predicted octanol–water partition coefficient (Wildman–Crippen LogP) is 1.58. The Morgan fingerprint density at radius 3 is 2.17 bits per heavy atom. The highest BCUT2D eigenvalue weighted by molar-refractivity contribution is 5.87. The maximum absolute atomic E-state index is 12.0. The number of nitrogens with one attached hydrogen (secondary N) is 2. The zero-order valence-electron chi connectivity index (χ0n) is 14.7. The smallest absolute Gasteiger partial charge is 0.328 e. The van der Waals surface area contributed by atoms with Crippen LogP contribution in [0.4, 0.5) is 0 Å². The van der Waals surface area contributed by atoms with Crippen LogP contribution in [0.2, 0.25) is 0 Å². The Kier molecular flexibility index (Phi) is 7.42. The molecule has 0 saturated carbocycles. The standard InChI is InChI=1S/C18H26N2O4/c1-18(2,3)20-16(22)11-10-15(21)19-14(17(23)24-4)12-13-8-6-5-7-9-13/h5-9,14H,10-12H2,1-4H3,(H,19,21)(H,20,22)/t14-/m1/s1. The fourth-order valence-corrected chi connectivity index (χ4v) is 2.16. The number of rotatable bonds is 7. The summed E-state index contributed by atoms with van der Waals surface area (Å²) in [5.74, 6) is -1.06. The van der Waals surface area contributed by atoms with Crippen LogP contribution < -0.4 is 10.6 Å². The Morgan fingerprint density at radius 1 is 1.04 bits per heavy atom. The number of hydrogen-bond acceptors (Lipinski definition) is 4. The first-order valence-corrected chi connectivity index (χ1v) is 7.93. The zero-order chi connectivity index (χ0) is 18.2. The van der Waals surface area contributed by atoms with Gasteiger partial charge in [-0.2, -0.15) is 0 Å². The van der Waals surface area contributed by atoms with Crippen molar-refractivity contribution in [3.05, 3.63) is 35.9 Å². The highest BCUT2D eigenvalue weighted by atomic mass is 16.5. The molecule has 0 aliphatic heterocycles. The number of benzene rings is 1. The van der Waals surface area contributed by atoms with Gasteiger partial charge in [-0.15, -0.1) is 0 Å². The first kappa shape index (κ1) is 19.7. The molecule has 1 atom stereocenters. The highest BCUT2D eigenvalue weighted by Crippen LogP contribution is 2.06. The summed E-state index contributed by atoms with van der Waals surface area (Å²) < 4.78 is 4.74. The number of carbonyl (C=O) groups is 3. The monoisotopic (exact) mass is 334 g/mol. The molecule has 6 heteroatoms. The van der Waals surface area contributed by atoms with E-state index >= 15 is 0 Å². The molecular weight excluding hydrogens is 308 g/mol. The van der Waals surface area contributed by atoms with Crippen LogP contribution >= 0.6 is 0 Å². The van der Waals surface area contributed by atoms with E-state index in [-0.39, 0.29) is 30.2 Å². The van der Waals surface area contributed by atoms with Crippen LogP contribution in [0.15, 0.2) is 30.3 Å². The molecular formula is C18H26N2O4. The SMILES string of the molecule is COC(=O)[C@@H](Cc1ccccc1)NC(=O)CCC(=O)NC(C)(C)C. The minimum atomic E-state index is -0.768. The van der Waals surface area contributed by atoms with Gasteiger partial charge in [0.2, 0.25) is 11.8 Å². The third-order valence-electron chi connectivity index (χ3n) is 3.20. The Morgan fingerprint density at radius 2 is 1.62 bits per heavy atom. The summed E-state index contributed by atoms with van der Waals surface area (Å²) in [5, 5.41) is 5.43. The molecule has 0 spiro atoms. The lowest BCUT2D eigenvalue weighted by Crippen LogP contribution is -2.44. The highest BCUT2D eigenvalue weighted by Gasteiger charge is 2.22. The lowest BCUT2D eigenvalue weighted by molar-refractivity contribution is -0.145. The van der Waals surface area contributed by atoms with Crippen LogP contribution in [-0.2, 0) is 25.5 Å². The van der Waals surface area contributed by atoms with Crippen LogP contribution in [-0.4, -0.2) is 36.5 Å². The quantitative estimate of drug-likeness (QED) is 0.742. The van der Waals surface area contributed by atoms with Gasteiger partial charge in [0.25, 0.3) is 0 Å². The Balaban J connectivity index is 2.55. The summed E-state index contributed by atoms with van der Waals surface area (Å²) in [6.07, 6.45) is 0.431. The van der Waals surface area contributed by atoms with Crippen molar-refractivity contribution in [3.63, 3.8) is 0 Å². The summed E-state index contributed by atoms with van der Waals surface area (Å²) in [6.45, 7) is 5.62. The maximum atomic E-state index is 12.0. The molecule has 0 aliphatic carbocycles. The second-order valence-corrected chi connectivity index (χ2v) is 6.63. The van der Waals surface area contributed by atoms with Crippen molar-refractivity contribution >= 4 is 17.8 Å². The summed E-state index contributed by atoms with van der Waals surface area (Å²) in [5.41, 5.74) is 0.578. The van der Waals surface area contributed by atoms with Crippen LogP contribution in [0.3, 0.4) is 0 Å². The lowest BCUT2D eigenvalue weighted by atomic mass is 10.1. The van der Waals surface area contributed by atoms with Gasteiger partial charge in [0.1, 0.15) is 6.04 Å². The molecule has 132 valence electrons. The first-order valence-electron chi connectivity index (χ1n) is 7.93. The number of hydrogen-bond donors (Lipinski definition) is 2. The average Bonchev–Trinajstić information content (AvgIpc) is 2.51. The van der Waals surface area contributed by atoms with E-state index in [0.717, 1.165) is 5.56 Å². The van der Waals surface area contributed by atoms with E-state index < -0.39 is 12.0 Å². The molecule has 2 N–H and O–H groups in total. The zero-order valence-corrected chi connectivity index (χ0v) is 14.7. The Bertz CT molecular complexity index is 564. The van der Waals surface area contributed by atoms with Crippen molar-refractivity contribution in [2.45, 2.75) is 51.6 Å². The van der Waals surface area contributed by atoms with Gasteiger partial charge in [-0.25, -0.2) is 4.79 Å². The fourth-order valence-electron chi connectivity index (χ4n) is 2.16. The summed E-state index contributed by atoms with van der Waals surface area (Å²) in [6, 6.07) is 8.58. The van der Waals surface area contributed by atoms with E-state index in [2.05, 4.69) is 10.6 Å². The summed E-state index contributed by atoms with van der Waals surface area (Å²) >= 11 is 0. The number of esters is 1. The van der Waals surface area contributed by atoms with Gasteiger partial charge in [0.15, 0.2) is 0 Å². The fraction of sp³-hybridized carbons (Fsp3) is 0.500. The second-order valence-electron chi connectivity index (χ2n) is 6.63. The molecule has 1 aromatic rings. The molecule has 0 aromatic heterocycles. The summed E-state index contributed by atoms with van der Waals surface area (Å²) in [7, 11) is 1.28. The van der Waals surface area contributed by atoms with E-state index in [1.807, 2.05) is 51.1 Å². The van der Waals surface area contributed by atoms with E-state index in [4.69, 9.17) is 4.74 Å². The number of ether oxygens (including phenoxy) is 1. The van der Waals surface area contributed by atoms with Gasteiger partial charge in [-0.05, 0) is 26.3 Å². The van der Waals surface area contributed by atoms with Crippen molar-refractivity contribution in [2.24, 2.45) is 0 Å². The Labute approximate surface area is 143 Å². The van der Waals surface area contributed by atoms with Crippen LogP contribution in [0, 0.1) is 0 Å². The molecule has 0 unspecified atom stereocenters. The van der Waals surface area contributed by atoms with Gasteiger partial charge in [-0.1, -0.05) is 30.3 Å². The summed E-state index contributed by atoms with van der Waals surface area (Å²) in [4.78, 5) is 35.6. The Hall–Kier alpha value is -2.37. The van der Waals surface area contributed by atoms with Crippen molar-refractivity contribution < 1.29 is 19.1 Å². The molecule has 2 amide bonds. The van der Waals surface area contributed by atoms with E-state index in [9.17, 15) is 14.4 Å². The third kappa shape index (κ3) is 7.76. The number of methoxy groups -OCH3 is 1. The first-order chi connectivity index (χ1) is 11.2. The van der Waals surface area contributed by atoms with Crippen LogP contribution in [0.25, 0.3) is 0 Å². The molecule has 0 fully saturated rings. The van der Waals surface area contributed by atoms with Crippen molar-refractivity contribution in [1.29, 1.82) is 0 Å². The molecule has 6 nitrogen and oxygen atoms in total. The maximum Gasteiger partial charge on any atom is 0.328 e. The van der Waals surface area contributed by atoms with Crippen LogP contribution in [0.5, 0.6) is 0 Å². The number of amides is 2. The second kappa shape index (κ2) is 9.05. The largest absolute Gasteiger partial charge is 0.467 e. The lowest BCUT2D eigenvalue weighted by Gasteiger charge is -2.20. The van der Waals surface area contributed by atoms with Gasteiger partial charge in [0.05, 0.1) is 7.11 Å². The van der Waals surface area contributed by atoms with Crippen molar-refractivity contribution in [3.8, 4) is 0 Å². The minimum Gasteiger partial charge on any atom is -0.467 e. The molecule has 0 radical (unpaired) electrons. The molecule has 0 aliphatic rings. The normalized spacial score (nSPS) is 12.2. The van der Waals surface area contributed by atoms with Gasteiger partial charge in [0, 0.05) is 24.8 Å². The molecule has 1 rings (SSSR count). The van der Waals surface area contributed by atoms with Gasteiger partial charge in [-0.3, -0.25) is 9.59 Å². The van der Waals surface area contributed by atoms with Gasteiger partial charge >= 0.3 is 5.97 Å². The minimum absolute atomic E-state index is 0.0181. The average molecular weight is 334 g/mol. The molecule has 0 saturated heterocycles. The van der Waals surface area contributed by atoms with Crippen LogP contribution in [0.1, 0.15) is 39.2 Å². The topological polar surface area (TPSA) is 84.5 Å². The molecule has 0 bridgehead atoms.